The van der Waals surface area contributed by atoms with E-state index in [9.17, 15) is 0 Å². The van der Waals surface area contributed by atoms with Gasteiger partial charge in [0.1, 0.15) is 23.9 Å². The van der Waals surface area contributed by atoms with Gasteiger partial charge < -0.3 is 14.2 Å². The minimum Gasteiger partial charge on any atom is -0.491 e. The molecule has 0 amide bonds. The van der Waals surface area contributed by atoms with E-state index in [0.717, 1.165) is 42.4 Å². The van der Waals surface area contributed by atoms with Gasteiger partial charge in [0.2, 0.25) is 0 Å². The number of benzene rings is 2. The number of nitrogens with zero attached hydrogens (tertiary/aromatic N) is 2. The number of hydrogen-bond donors (Lipinski definition) is 0. The van der Waals surface area contributed by atoms with Crippen LogP contribution in [0.5, 0.6) is 17.2 Å². The summed E-state index contributed by atoms with van der Waals surface area (Å²) in [4.78, 5) is 0. The van der Waals surface area contributed by atoms with Gasteiger partial charge in [0.05, 0.1) is 11.8 Å². The summed E-state index contributed by atoms with van der Waals surface area (Å²) in [5.74, 6) is 2.39. The average molecular weight is 336 g/mol. The van der Waals surface area contributed by atoms with Crippen molar-refractivity contribution >= 4 is 0 Å². The molecule has 0 radical (unpaired) electrons. The first-order valence-electron chi connectivity index (χ1n) is 8.49. The molecule has 0 bridgehead atoms. The van der Waals surface area contributed by atoms with Crippen LogP contribution in [-0.2, 0) is 4.74 Å². The molecule has 3 aromatic rings. The normalized spacial score (nSPS) is 16.7. The van der Waals surface area contributed by atoms with E-state index in [2.05, 4.69) is 5.10 Å². The van der Waals surface area contributed by atoms with Gasteiger partial charge in [-0.25, -0.2) is 4.68 Å². The van der Waals surface area contributed by atoms with Gasteiger partial charge in [0.25, 0.3) is 0 Å². The van der Waals surface area contributed by atoms with E-state index >= 15 is 0 Å². The molecule has 2 aromatic carbocycles. The van der Waals surface area contributed by atoms with Crippen LogP contribution in [0, 0.1) is 0 Å². The fraction of sp³-hybridized carbons (Fsp3) is 0.250. The Kier molecular flexibility index (Phi) is 4.65. The molecule has 0 saturated carbocycles. The number of hydrogen-bond acceptors (Lipinski definition) is 4. The van der Waals surface area contributed by atoms with Crippen LogP contribution in [0.1, 0.15) is 12.8 Å². The van der Waals surface area contributed by atoms with Crippen molar-refractivity contribution in [3.05, 3.63) is 67.0 Å². The maximum absolute atomic E-state index is 5.87. The van der Waals surface area contributed by atoms with Crippen molar-refractivity contribution in [2.24, 2.45) is 0 Å². The molecule has 0 aliphatic carbocycles. The van der Waals surface area contributed by atoms with Crippen molar-refractivity contribution in [2.45, 2.75) is 18.9 Å². The standard InChI is InChI=1S/C20H20N2O3/c1-3-20(23-14-1)15-24-17-8-10-19(11-9-17)25-18-6-4-16(5-7-18)22-13-2-12-21-22/h2,4-13,20H,1,3,14-15H2. The van der Waals surface area contributed by atoms with Crippen molar-refractivity contribution in [3.63, 3.8) is 0 Å². The van der Waals surface area contributed by atoms with Crippen molar-refractivity contribution in [1.29, 1.82) is 0 Å². The van der Waals surface area contributed by atoms with Gasteiger partial charge in [-0.2, -0.15) is 5.10 Å². The first-order chi connectivity index (χ1) is 12.4. The smallest absolute Gasteiger partial charge is 0.127 e. The third kappa shape index (κ3) is 4.00. The maximum atomic E-state index is 5.87. The Morgan fingerprint density at radius 2 is 1.72 bits per heavy atom. The fourth-order valence-electron chi connectivity index (χ4n) is 2.79. The van der Waals surface area contributed by atoms with Gasteiger partial charge in [-0.1, -0.05) is 0 Å². The third-order valence-corrected chi connectivity index (χ3v) is 4.12. The van der Waals surface area contributed by atoms with Crippen molar-refractivity contribution in [1.82, 2.24) is 9.78 Å². The van der Waals surface area contributed by atoms with E-state index in [1.54, 1.807) is 6.20 Å². The van der Waals surface area contributed by atoms with Gasteiger partial charge in [-0.15, -0.1) is 0 Å². The molecule has 1 aliphatic heterocycles. The minimum atomic E-state index is 0.226. The summed E-state index contributed by atoms with van der Waals surface area (Å²) in [5, 5.41) is 4.21. The lowest BCUT2D eigenvalue weighted by atomic mass is 10.2. The molecule has 128 valence electrons. The monoisotopic (exact) mass is 336 g/mol. The van der Waals surface area contributed by atoms with E-state index in [0.29, 0.717) is 6.61 Å². The zero-order valence-electron chi connectivity index (χ0n) is 13.9. The van der Waals surface area contributed by atoms with Crippen LogP contribution in [0.3, 0.4) is 0 Å². The molecule has 1 aliphatic rings. The highest BCUT2D eigenvalue weighted by Crippen LogP contribution is 2.25. The van der Waals surface area contributed by atoms with E-state index in [4.69, 9.17) is 14.2 Å². The third-order valence-electron chi connectivity index (χ3n) is 4.12. The zero-order valence-corrected chi connectivity index (χ0v) is 13.9. The first-order valence-corrected chi connectivity index (χ1v) is 8.49. The van der Waals surface area contributed by atoms with E-state index < -0.39 is 0 Å². The van der Waals surface area contributed by atoms with Gasteiger partial charge in [-0.3, -0.25) is 0 Å². The molecule has 25 heavy (non-hydrogen) atoms. The first kappa shape index (κ1) is 15.7. The predicted molar refractivity (Wildman–Crippen MR) is 94.5 cm³/mol. The molecule has 1 unspecified atom stereocenters. The average Bonchev–Trinajstić information content (AvgIpc) is 3.36. The highest BCUT2D eigenvalue weighted by atomic mass is 16.5. The Bertz CT molecular complexity index is 777. The molecule has 1 saturated heterocycles. The molecule has 0 spiro atoms. The topological polar surface area (TPSA) is 45.5 Å². The maximum Gasteiger partial charge on any atom is 0.127 e. The van der Waals surface area contributed by atoms with E-state index in [-0.39, 0.29) is 6.10 Å². The second kappa shape index (κ2) is 7.40. The molecule has 1 aromatic heterocycles. The predicted octanol–water partition coefficient (Wildman–Crippen LogP) is 4.22. The molecule has 0 N–H and O–H groups in total. The Labute approximate surface area is 146 Å². The van der Waals surface area contributed by atoms with Crippen LogP contribution in [0.15, 0.2) is 67.0 Å². The lowest BCUT2D eigenvalue weighted by Crippen LogP contribution is -2.16. The van der Waals surface area contributed by atoms with E-state index in [1.165, 1.54) is 0 Å². The summed E-state index contributed by atoms with van der Waals surface area (Å²) in [6.07, 6.45) is 6.09. The van der Waals surface area contributed by atoms with Crippen LogP contribution in [0.4, 0.5) is 0 Å². The Hall–Kier alpha value is -2.79. The largest absolute Gasteiger partial charge is 0.491 e. The highest BCUT2D eigenvalue weighted by molar-refractivity contribution is 5.40. The summed E-state index contributed by atoms with van der Waals surface area (Å²) < 4.78 is 19.0. The van der Waals surface area contributed by atoms with Crippen molar-refractivity contribution in [3.8, 4) is 22.9 Å². The molecule has 5 nitrogen and oxygen atoms in total. The summed E-state index contributed by atoms with van der Waals surface area (Å²) in [6, 6.07) is 17.4. The molecule has 1 fully saturated rings. The number of ether oxygens (including phenoxy) is 3. The molecular weight excluding hydrogens is 316 g/mol. The summed E-state index contributed by atoms with van der Waals surface area (Å²) in [6.45, 7) is 1.45. The highest BCUT2D eigenvalue weighted by Gasteiger charge is 2.15. The Morgan fingerprint density at radius 3 is 2.36 bits per heavy atom. The van der Waals surface area contributed by atoms with Gasteiger partial charge in [0.15, 0.2) is 0 Å². The van der Waals surface area contributed by atoms with Crippen LogP contribution in [0.25, 0.3) is 5.69 Å². The quantitative estimate of drug-likeness (QED) is 0.676. The van der Waals surface area contributed by atoms with E-state index in [1.807, 2.05) is 65.5 Å². The fourth-order valence-corrected chi connectivity index (χ4v) is 2.79. The lowest BCUT2D eigenvalue weighted by Gasteiger charge is -2.12. The van der Waals surface area contributed by atoms with Crippen molar-refractivity contribution in [2.75, 3.05) is 13.2 Å². The number of aromatic nitrogens is 2. The van der Waals surface area contributed by atoms with Gasteiger partial charge >= 0.3 is 0 Å². The summed E-state index contributed by atoms with van der Waals surface area (Å²) in [5.41, 5.74) is 0.996. The zero-order chi connectivity index (χ0) is 16.9. The van der Waals surface area contributed by atoms with Crippen LogP contribution in [-0.4, -0.2) is 29.1 Å². The molecule has 1 atom stereocenters. The van der Waals surface area contributed by atoms with Crippen molar-refractivity contribution < 1.29 is 14.2 Å². The van der Waals surface area contributed by atoms with Crippen LogP contribution >= 0.6 is 0 Å². The van der Waals surface area contributed by atoms with Crippen LogP contribution < -0.4 is 9.47 Å². The Balaban J connectivity index is 1.34. The molecular formula is C20H20N2O3. The summed E-state index contributed by atoms with van der Waals surface area (Å²) in [7, 11) is 0. The SMILES string of the molecule is c1cnn(-c2ccc(Oc3ccc(OCC4CCCO4)cc3)cc2)c1. The lowest BCUT2D eigenvalue weighted by molar-refractivity contribution is 0.0679. The molecule has 4 rings (SSSR count). The van der Waals surface area contributed by atoms with Gasteiger partial charge in [0, 0.05) is 19.0 Å². The van der Waals surface area contributed by atoms with Crippen LogP contribution in [0.2, 0.25) is 0 Å². The summed E-state index contributed by atoms with van der Waals surface area (Å²) >= 11 is 0. The second-order valence-electron chi connectivity index (χ2n) is 5.96. The Morgan fingerprint density at radius 1 is 1.00 bits per heavy atom. The minimum absolute atomic E-state index is 0.226. The molecule has 5 heteroatoms. The van der Waals surface area contributed by atoms with Gasteiger partial charge in [-0.05, 0) is 67.4 Å². The molecule has 2 heterocycles. The number of rotatable bonds is 6. The second-order valence-corrected chi connectivity index (χ2v) is 5.96.